The fourth-order valence-electron chi connectivity index (χ4n) is 4.54. The number of nitrogens with one attached hydrogen (secondary N) is 2. The molecule has 0 fully saturated rings. The third kappa shape index (κ3) is 3.53. The van der Waals surface area contributed by atoms with Gasteiger partial charge >= 0.3 is 6.03 Å². The van der Waals surface area contributed by atoms with Crippen molar-refractivity contribution >= 4 is 34.2 Å². The van der Waals surface area contributed by atoms with Crippen LogP contribution in [0.25, 0.3) is 10.9 Å². The third-order valence-corrected chi connectivity index (χ3v) is 6.62. The number of aromatic amines is 1. The Morgan fingerprint density at radius 1 is 1.12 bits per heavy atom. The van der Waals surface area contributed by atoms with Crippen LogP contribution in [-0.2, 0) is 6.42 Å². The molecule has 1 aromatic heterocycles. The summed E-state index contributed by atoms with van der Waals surface area (Å²) in [6, 6.07) is 17.4. The standard InChI is InChI=1S/C26H23ClFN3O/c1-15-4-3-5-22(16(15)2)30-26(32)31-13-12-20-21-14-18(27)8-11-23(21)29-24(20)25(31)17-6-9-19(28)10-7-17/h3-11,14,25,29H,12-13H2,1-2H3,(H,30,32)/t25-/m0/s1. The van der Waals surface area contributed by atoms with E-state index in [2.05, 4.69) is 10.3 Å². The van der Waals surface area contributed by atoms with Gasteiger partial charge in [-0.1, -0.05) is 35.9 Å². The van der Waals surface area contributed by atoms with Gasteiger partial charge in [0.05, 0.1) is 6.04 Å². The van der Waals surface area contributed by atoms with Crippen molar-refractivity contribution < 1.29 is 9.18 Å². The predicted octanol–water partition coefficient (Wildman–Crippen LogP) is 6.76. The molecule has 1 aliphatic rings. The van der Waals surface area contributed by atoms with Crippen molar-refractivity contribution in [3.05, 3.63) is 99.5 Å². The molecule has 6 heteroatoms. The fraction of sp³-hybridized carbons (Fsp3) is 0.192. The highest BCUT2D eigenvalue weighted by molar-refractivity contribution is 6.31. The number of amides is 2. The van der Waals surface area contributed by atoms with E-state index < -0.39 is 0 Å². The zero-order chi connectivity index (χ0) is 22.4. The van der Waals surface area contributed by atoms with Gasteiger partial charge < -0.3 is 15.2 Å². The van der Waals surface area contributed by atoms with Crippen LogP contribution < -0.4 is 5.32 Å². The number of nitrogens with zero attached hydrogens (tertiary/aromatic N) is 1. The van der Waals surface area contributed by atoms with E-state index in [0.717, 1.165) is 44.5 Å². The van der Waals surface area contributed by atoms with Crippen LogP contribution in [0.2, 0.25) is 5.02 Å². The first-order valence-electron chi connectivity index (χ1n) is 10.6. The number of benzene rings is 3. The lowest BCUT2D eigenvalue weighted by Crippen LogP contribution is -2.43. The molecule has 0 unspecified atom stereocenters. The summed E-state index contributed by atoms with van der Waals surface area (Å²) in [6.07, 6.45) is 0.702. The van der Waals surface area contributed by atoms with Crippen molar-refractivity contribution in [3.8, 4) is 0 Å². The Balaban J connectivity index is 1.59. The van der Waals surface area contributed by atoms with E-state index in [1.54, 1.807) is 12.1 Å². The average molecular weight is 448 g/mol. The van der Waals surface area contributed by atoms with Gasteiger partial charge in [0.2, 0.25) is 0 Å². The van der Waals surface area contributed by atoms with Crippen LogP contribution in [0.5, 0.6) is 0 Å². The molecule has 0 spiro atoms. The topological polar surface area (TPSA) is 48.1 Å². The van der Waals surface area contributed by atoms with Gasteiger partial charge in [-0.3, -0.25) is 0 Å². The number of aromatic nitrogens is 1. The number of aryl methyl sites for hydroxylation is 1. The van der Waals surface area contributed by atoms with Crippen LogP contribution in [0.15, 0.2) is 60.7 Å². The highest BCUT2D eigenvalue weighted by atomic mass is 35.5. The summed E-state index contributed by atoms with van der Waals surface area (Å²) >= 11 is 6.26. The molecule has 2 amide bonds. The Kier molecular flexibility index (Phi) is 5.14. The zero-order valence-electron chi connectivity index (χ0n) is 17.9. The largest absolute Gasteiger partial charge is 0.356 e. The molecule has 2 N–H and O–H groups in total. The molecule has 32 heavy (non-hydrogen) atoms. The summed E-state index contributed by atoms with van der Waals surface area (Å²) in [6.45, 7) is 4.55. The van der Waals surface area contributed by atoms with E-state index >= 15 is 0 Å². The number of H-pyrrole nitrogens is 1. The van der Waals surface area contributed by atoms with E-state index in [4.69, 9.17) is 11.6 Å². The van der Waals surface area contributed by atoms with E-state index in [-0.39, 0.29) is 17.9 Å². The molecule has 3 aromatic carbocycles. The number of rotatable bonds is 2. The van der Waals surface area contributed by atoms with Crippen molar-refractivity contribution in [2.75, 3.05) is 11.9 Å². The summed E-state index contributed by atoms with van der Waals surface area (Å²) < 4.78 is 13.7. The van der Waals surface area contributed by atoms with E-state index in [1.165, 1.54) is 12.1 Å². The minimum Gasteiger partial charge on any atom is -0.356 e. The third-order valence-electron chi connectivity index (χ3n) is 6.38. The molecule has 1 aliphatic heterocycles. The number of anilines is 1. The Hall–Kier alpha value is -3.31. The van der Waals surface area contributed by atoms with Crippen molar-refractivity contribution in [2.24, 2.45) is 0 Å². The van der Waals surface area contributed by atoms with Crippen LogP contribution in [0.4, 0.5) is 14.9 Å². The van der Waals surface area contributed by atoms with Gasteiger partial charge in [-0.2, -0.15) is 0 Å². The molecule has 5 rings (SSSR count). The first-order valence-corrected chi connectivity index (χ1v) is 11.0. The van der Waals surface area contributed by atoms with E-state index in [9.17, 15) is 9.18 Å². The zero-order valence-corrected chi connectivity index (χ0v) is 18.6. The van der Waals surface area contributed by atoms with Gasteiger partial charge in [0.25, 0.3) is 0 Å². The average Bonchev–Trinajstić information content (AvgIpc) is 3.15. The smallest absolute Gasteiger partial charge is 0.322 e. The van der Waals surface area contributed by atoms with Crippen LogP contribution in [0.1, 0.15) is 34.0 Å². The van der Waals surface area contributed by atoms with Crippen LogP contribution in [0, 0.1) is 19.7 Å². The molecule has 1 atom stereocenters. The highest BCUT2D eigenvalue weighted by Gasteiger charge is 2.34. The van der Waals surface area contributed by atoms with Crippen LogP contribution in [0.3, 0.4) is 0 Å². The molecular weight excluding hydrogens is 425 g/mol. The van der Waals surface area contributed by atoms with Crippen molar-refractivity contribution in [2.45, 2.75) is 26.3 Å². The lowest BCUT2D eigenvalue weighted by atomic mass is 9.92. The van der Waals surface area contributed by atoms with Crippen LogP contribution in [-0.4, -0.2) is 22.5 Å². The normalized spacial score (nSPS) is 15.6. The molecular formula is C26H23ClFN3O. The maximum Gasteiger partial charge on any atom is 0.322 e. The number of fused-ring (bicyclic) bond motifs is 3. The number of hydrogen-bond donors (Lipinski definition) is 2. The maximum atomic E-state index is 13.7. The Morgan fingerprint density at radius 2 is 1.91 bits per heavy atom. The molecule has 0 saturated carbocycles. The predicted molar refractivity (Wildman–Crippen MR) is 127 cm³/mol. The first kappa shape index (κ1) is 20.6. The lowest BCUT2D eigenvalue weighted by molar-refractivity contribution is 0.193. The number of carbonyl (C=O) groups excluding carboxylic acids is 1. The molecule has 0 bridgehead atoms. The molecule has 4 nitrogen and oxygen atoms in total. The second kappa shape index (κ2) is 7.99. The van der Waals surface area contributed by atoms with Crippen LogP contribution >= 0.6 is 11.6 Å². The summed E-state index contributed by atoms with van der Waals surface area (Å²) in [5.74, 6) is -0.306. The van der Waals surface area contributed by atoms with Gasteiger partial charge in [0.15, 0.2) is 0 Å². The lowest BCUT2D eigenvalue weighted by Gasteiger charge is -2.36. The first-order chi connectivity index (χ1) is 15.4. The van der Waals surface area contributed by atoms with Gasteiger partial charge in [-0.05, 0) is 78.9 Å². The number of halogens is 2. The molecule has 2 heterocycles. The number of hydrogen-bond acceptors (Lipinski definition) is 1. The Morgan fingerprint density at radius 3 is 2.69 bits per heavy atom. The van der Waals surface area contributed by atoms with E-state index in [1.807, 2.05) is 55.1 Å². The molecule has 162 valence electrons. The molecule has 0 saturated heterocycles. The maximum absolute atomic E-state index is 13.7. The minimum atomic E-state index is -0.365. The SMILES string of the molecule is Cc1cccc(NC(=O)N2CCc3c([nH]c4ccc(Cl)cc34)[C@@H]2c2ccc(F)cc2)c1C. The molecule has 0 aliphatic carbocycles. The monoisotopic (exact) mass is 447 g/mol. The molecule has 0 radical (unpaired) electrons. The van der Waals surface area contributed by atoms with Gasteiger partial charge in [0, 0.05) is 33.9 Å². The van der Waals surface area contributed by atoms with Gasteiger partial charge in [-0.15, -0.1) is 0 Å². The minimum absolute atomic E-state index is 0.185. The van der Waals surface area contributed by atoms with E-state index in [0.29, 0.717) is 18.0 Å². The second-order valence-corrected chi connectivity index (χ2v) is 8.72. The summed E-state index contributed by atoms with van der Waals surface area (Å²) in [5, 5.41) is 4.82. The van der Waals surface area contributed by atoms with Crippen molar-refractivity contribution in [1.82, 2.24) is 9.88 Å². The summed E-state index contributed by atoms with van der Waals surface area (Å²) in [7, 11) is 0. The Bertz CT molecular complexity index is 1330. The summed E-state index contributed by atoms with van der Waals surface area (Å²) in [4.78, 5) is 18.8. The van der Waals surface area contributed by atoms with Gasteiger partial charge in [-0.25, -0.2) is 9.18 Å². The van der Waals surface area contributed by atoms with Gasteiger partial charge in [0.1, 0.15) is 5.82 Å². The fourth-order valence-corrected chi connectivity index (χ4v) is 4.72. The highest BCUT2D eigenvalue weighted by Crippen LogP contribution is 2.39. The Labute approximate surface area is 191 Å². The number of urea groups is 1. The molecule has 4 aromatic rings. The second-order valence-electron chi connectivity index (χ2n) is 8.28. The number of carbonyl (C=O) groups is 1. The van der Waals surface area contributed by atoms with Crippen molar-refractivity contribution in [1.29, 1.82) is 0 Å². The quantitative estimate of drug-likeness (QED) is 0.350. The summed E-state index contributed by atoms with van der Waals surface area (Å²) in [5.41, 5.74) is 6.86. The van der Waals surface area contributed by atoms with Crippen molar-refractivity contribution in [3.63, 3.8) is 0 Å².